The molecule has 0 amide bonds. The van der Waals surface area contributed by atoms with E-state index in [0.717, 1.165) is 10.4 Å². The van der Waals surface area contributed by atoms with E-state index >= 15 is 0 Å². The van der Waals surface area contributed by atoms with Crippen molar-refractivity contribution in [3.8, 4) is 0 Å². The summed E-state index contributed by atoms with van der Waals surface area (Å²) in [4.78, 5) is 1.22. The average Bonchev–Trinajstić information content (AvgIpc) is 2.94. The van der Waals surface area contributed by atoms with Gasteiger partial charge in [0.05, 0.1) is 6.54 Å². The van der Waals surface area contributed by atoms with Crippen molar-refractivity contribution in [3.63, 3.8) is 0 Å². The molecule has 0 aliphatic rings. The fourth-order valence-corrected chi connectivity index (χ4v) is 4.01. The number of sulfonamides is 1. The molecule has 0 aliphatic carbocycles. The first-order chi connectivity index (χ1) is 9.44. The van der Waals surface area contributed by atoms with E-state index in [0.29, 0.717) is 24.6 Å². The predicted molar refractivity (Wildman–Crippen MR) is 79.3 cm³/mol. The molecule has 2 N–H and O–H groups in total. The number of nitrogens with one attached hydrogen (secondary N) is 2. The Labute approximate surface area is 123 Å². The number of rotatable bonds is 6. The van der Waals surface area contributed by atoms with Crippen LogP contribution in [0.1, 0.15) is 22.0 Å². The highest BCUT2D eigenvalue weighted by atomic mass is 32.2. The van der Waals surface area contributed by atoms with Gasteiger partial charge >= 0.3 is 0 Å². The van der Waals surface area contributed by atoms with Gasteiger partial charge in [0.1, 0.15) is 16.4 Å². The zero-order valence-electron chi connectivity index (χ0n) is 11.7. The van der Waals surface area contributed by atoms with Gasteiger partial charge in [0.25, 0.3) is 0 Å². The molecule has 0 bridgehead atoms. The number of hydrogen-bond acceptors (Lipinski definition) is 5. The van der Waals surface area contributed by atoms with Crippen LogP contribution in [0, 0.1) is 13.8 Å². The van der Waals surface area contributed by atoms with E-state index in [1.807, 2.05) is 18.4 Å². The van der Waals surface area contributed by atoms with E-state index in [-0.39, 0.29) is 4.90 Å². The van der Waals surface area contributed by atoms with E-state index in [9.17, 15) is 8.42 Å². The number of thiophene rings is 1. The van der Waals surface area contributed by atoms with E-state index in [1.165, 1.54) is 0 Å². The first kappa shape index (κ1) is 15.2. The van der Waals surface area contributed by atoms with Crippen molar-refractivity contribution in [2.24, 2.45) is 0 Å². The van der Waals surface area contributed by atoms with E-state index in [2.05, 4.69) is 10.0 Å². The minimum Gasteiger partial charge on any atom is -0.464 e. The van der Waals surface area contributed by atoms with Crippen molar-refractivity contribution in [1.82, 2.24) is 10.0 Å². The lowest BCUT2D eigenvalue weighted by atomic mass is 10.3. The Balaban J connectivity index is 2.16. The fourth-order valence-electron chi connectivity index (χ4n) is 1.88. The molecule has 2 heterocycles. The summed E-state index contributed by atoms with van der Waals surface area (Å²) in [5, 5.41) is 4.88. The number of furan rings is 1. The van der Waals surface area contributed by atoms with Gasteiger partial charge in [-0.1, -0.05) is 0 Å². The minimum absolute atomic E-state index is 0.206. The first-order valence-electron chi connectivity index (χ1n) is 6.20. The molecular formula is C13H18N2O3S2. The van der Waals surface area contributed by atoms with Gasteiger partial charge in [0, 0.05) is 17.5 Å². The molecule has 20 heavy (non-hydrogen) atoms. The molecule has 0 radical (unpaired) electrons. The molecule has 110 valence electrons. The highest BCUT2D eigenvalue weighted by molar-refractivity contribution is 7.89. The summed E-state index contributed by atoms with van der Waals surface area (Å²) in [6.45, 7) is 4.43. The summed E-state index contributed by atoms with van der Waals surface area (Å²) in [6.07, 6.45) is 0. The van der Waals surface area contributed by atoms with Crippen LogP contribution in [0.5, 0.6) is 0 Å². The van der Waals surface area contributed by atoms with Crippen LogP contribution >= 0.6 is 11.3 Å². The van der Waals surface area contributed by atoms with Crippen LogP contribution in [0.3, 0.4) is 0 Å². The second kappa shape index (κ2) is 6.09. The maximum Gasteiger partial charge on any atom is 0.244 e. The molecule has 2 aromatic rings. The predicted octanol–water partition coefficient (Wildman–Crippen LogP) is 2.16. The zero-order chi connectivity index (χ0) is 14.8. The quantitative estimate of drug-likeness (QED) is 0.857. The van der Waals surface area contributed by atoms with Crippen LogP contribution in [-0.4, -0.2) is 15.5 Å². The summed E-state index contributed by atoms with van der Waals surface area (Å²) < 4.78 is 32.6. The smallest absolute Gasteiger partial charge is 0.244 e. The van der Waals surface area contributed by atoms with Crippen LogP contribution < -0.4 is 10.0 Å². The third kappa shape index (κ3) is 3.29. The standard InChI is InChI=1S/C13H18N2O3S2/c1-9-4-5-19-12(9)8-15-20(16,17)13-6-11(7-14-3)18-10(13)2/h4-6,14-15H,7-8H2,1-3H3. The van der Waals surface area contributed by atoms with Gasteiger partial charge in [0.15, 0.2) is 0 Å². The minimum atomic E-state index is -3.55. The maximum absolute atomic E-state index is 12.3. The Morgan fingerprint density at radius 1 is 1.30 bits per heavy atom. The molecule has 0 aromatic carbocycles. The van der Waals surface area contributed by atoms with Crippen LogP contribution in [0.15, 0.2) is 26.8 Å². The molecule has 0 aliphatic heterocycles. The maximum atomic E-state index is 12.3. The Morgan fingerprint density at radius 3 is 2.65 bits per heavy atom. The molecule has 2 rings (SSSR count). The van der Waals surface area contributed by atoms with Crippen LogP contribution in [0.2, 0.25) is 0 Å². The Hall–Kier alpha value is -1.15. The third-order valence-corrected chi connectivity index (χ3v) is 5.49. The summed E-state index contributed by atoms with van der Waals surface area (Å²) in [5.74, 6) is 1.02. The van der Waals surface area contributed by atoms with E-state index in [4.69, 9.17) is 4.42 Å². The summed E-state index contributed by atoms with van der Waals surface area (Å²) >= 11 is 1.54. The highest BCUT2D eigenvalue weighted by Crippen LogP contribution is 2.21. The van der Waals surface area contributed by atoms with E-state index in [1.54, 1.807) is 31.4 Å². The average molecular weight is 314 g/mol. The van der Waals surface area contributed by atoms with Crippen molar-refractivity contribution >= 4 is 21.4 Å². The molecular weight excluding hydrogens is 296 g/mol. The number of hydrogen-bond donors (Lipinski definition) is 2. The molecule has 0 unspecified atom stereocenters. The first-order valence-corrected chi connectivity index (χ1v) is 8.57. The van der Waals surface area contributed by atoms with Crippen molar-refractivity contribution < 1.29 is 12.8 Å². The summed E-state index contributed by atoms with van der Waals surface area (Å²) in [6, 6.07) is 3.54. The SMILES string of the molecule is CNCc1cc(S(=O)(=O)NCc2sccc2C)c(C)o1. The number of aryl methyl sites for hydroxylation is 2. The monoisotopic (exact) mass is 314 g/mol. The van der Waals surface area contributed by atoms with Crippen LogP contribution in [-0.2, 0) is 23.1 Å². The second-order valence-corrected chi connectivity index (χ2v) is 7.25. The van der Waals surface area contributed by atoms with Crippen LogP contribution in [0.4, 0.5) is 0 Å². The molecule has 0 fully saturated rings. The fraction of sp³-hybridized carbons (Fsp3) is 0.385. The molecule has 5 nitrogen and oxygen atoms in total. The van der Waals surface area contributed by atoms with Crippen LogP contribution in [0.25, 0.3) is 0 Å². The highest BCUT2D eigenvalue weighted by Gasteiger charge is 2.21. The van der Waals surface area contributed by atoms with Gasteiger partial charge in [-0.25, -0.2) is 13.1 Å². The van der Waals surface area contributed by atoms with Crippen molar-refractivity contribution in [1.29, 1.82) is 0 Å². The van der Waals surface area contributed by atoms with Gasteiger partial charge in [-0.05, 0) is 37.9 Å². The topological polar surface area (TPSA) is 71.3 Å². The Kier molecular flexibility index (Phi) is 4.64. The lowest BCUT2D eigenvalue weighted by Gasteiger charge is -2.05. The lowest BCUT2D eigenvalue weighted by molar-refractivity contribution is 0.465. The van der Waals surface area contributed by atoms with Gasteiger partial charge in [0.2, 0.25) is 10.0 Å². The Bertz CT molecular complexity index is 686. The molecule has 0 saturated heterocycles. The second-order valence-electron chi connectivity index (χ2n) is 4.51. The van der Waals surface area contributed by atoms with Gasteiger partial charge < -0.3 is 9.73 Å². The van der Waals surface area contributed by atoms with Gasteiger partial charge in [-0.3, -0.25) is 0 Å². The summed E-state index contributed by atoms with van der Waals surface area (Å²) in [5.41, 5.74) is 1.09. The van der Waals surface area contributed by atoms with Crippen molar-refractivity contribution in [2.45, 2.75) is 31.8 Å². The van der Waals surface area contributed by atoms with Gasteiger partial charge in [-0.15, -0.1) is 11.3 Å². The zero-order valence-corrected chi connectivity index (χ0v) is 13.3. The molecule has 2 aromatic heterocycles. The molecule has 0 atom stereocenters. The molecule has 0 spiro atoms. The largest absolute Gasteiger partial charge is 0.464 e. The Morgan fingerprint density at radius 2 is 2.05 bits per heavy atom. The third-order valence-electron chi connectivity index (χ3n) is 2.95. The normalized spacial score (nSPS) is 11.9. The molecule has 0 saturated carbocycles. The van der Waals surface area contributed by atoms with Crippen molar-refractivity contribution in [3.05, 3.63) is 39.5 Å². The van der Waals surface area contributed by atoms with E-state index < -0.39 is 10.0 Å². The molecule has 7 heteroatoms. The van der Waals surface area contributed by atoms with Crippen molar-refractivity contribution in [2.75, 3.05) is 7.05 Å². The van der Waals surface area contributed by atoms with Gasteiger partial charge in [-0.2, -0.15) is 0 Å². The lowest BCUT2D eigenvalue weighted by Crippen LogP contribution is -2.23. The summed E-state index contributed by atoms with van der Waals surface area (Å²) in [7, 11) is -1.76.